The lowest BCUT2D eigenvalue weighted by Crippen LogP contribution is -2.44. The fourth-order valence-electron chi connectivity index (χ4n) is 2.90. The molecule has 1 N–H and O–H groups in total. The highest BCUT2D eigenvalue weighted by molar-refractivity contribution is 6.00. The Kier molecular flexibility index (Phi) is 4.75. The standard InChI is InChI=1S/C17H24N4O/c1-20-9-11-21(12-10-20)17-15-4-3-5-16(18-8-13-22-2)14(15)6-7-19-17/h3-7,18H,8-13H2,1-2H3. The molecule has 0 saturated carbocycles. The maximum absolute atomic E-state index is 5.12. The first kappa shape index (κ1) is 15.1. The Hall–Kier alpha value is -1.85. The maximum Gasteiger partial charge on any atom is 0.136 e. The number of ether oxygens (including phenoxy) is 1. The molecule has 1 fully saturated rings. The van der Waals surface area contributed by atoms with Crippen molar-refractivity contribution >= 4 is 22.3 Å². The van der Waals surface area contributed by atoms with E-state index in [1.807, 2.05) is 6.20 Å². The molecule has 0 spiro atoms. The van der Waals surface area contributed by atoms with Gasteiger partial charge in [0.05, 0.1) is 6.61 Å². The molecule has 5 nitrogen and oxygen atoms in total. The first-order valence-electron chi connectivity index (χ1n) is 7.83. The van der Waals surface area contributed by atoms with Crippen molar-refractivity contribution in [3.8, 4) is 0 Å². The highest BCUT2D eigenvalue weighted by Crippen LogP contribution is 2.30. The average Bonchev–Trinajstić information content (AvgIpc) is 2.56. The Balaban J connectivity index is 1.90. The quantitative estimate of drug-likeness (QED) is 0.856. The third-order valence-electron chi connectivity index (χ3n) is 4.21. The van der Waals surface area contributed by atoms with E-state index >= 15 is 0 Å². The van der Waals surface area contributed by atoms with Crippen LogP contribution in [0.4, 0.5) is 11.5 Å². The first-order valence-corrected chi connectivity index (χ1v) is 7.83. The van der Waals surface area contributed by atoms with Crippen LogP contribution in [0.1, 0.15) is 0 Å². The van der Waals surface area contributed by atoms with Crippen LogP contribution in [-0.2, 0) is 4.74 Å². The van der Waals surface area contributed by atoms with Gasteiger partial charge in [-0.25, -0.2) is 4.98 Å². The van der Waals surface area contributed by atoms with E-state index in [9.17, 15) is 0 Å². The molecule has 2 heterocycles. The van der Waals surface area contributed by atoms with Gasteiger partial charge in [-0.05, 0) is 19.2 Å². The number of piperazine rings is 1. The smallest absolute Gasteiger partial charge is 0.136 e. The second kappa shape index (κ2) is 6.94. The van der Waals surface area contributed by atoms with Gasteiger partial charge in [0.25, 0.3) is 0 Å². The highest BCUT2D eigenvalue weighted by atomic mass is 16.5. The zero-order valence-electron chi connectivity index (χ0n) is 13.4. The first-order chi connectivity index (χ1) is 10.8. The van der Waals surface area contributed by atoms with Crippen LogP contribution >= 0.6 is 0 Å². The molecule has 0 radical (unpaired) electrons. The predicted octanol–water partition coefficient (Wildman–Crippen LogP) is 2.04. The second-order valence-electron chi connectivity index (χ2n) is 5.75. The van der Waals surface area contributed by atoms with Gasteiger partial charge in [0.1, 0.15) is 5.82 Å². The molecule has 2 aromatic rings. The van der Waals surface area contributed by atoms with Crippen molar-refractivity contribution in [3.05, 3.63) is 30.5 Å². The fourth-order valence-corrected chi connectivity index (χ4v) is 2.90. The van der Waals surface area contributed by atoms with Crippen molar-refractivity contribution < 1.29 is 4.74 Å². The van der Waals surface area contributed by atoms with E-state index in [4.69, 9.17) is 4.74 Å². The van der Waals surface area contributed by atoms with Gasteiger partial charge < -0.3 is 19.9 Å². The molecule has 0 unspecified atom stereocenters. The molecular formula is C17H24N4O. The van der Waals surface area contributed by atoms with Crippen molar-refractivity contribution in [2.75, 3.05) is 63.7 Å². The summed E-state index contributed by atoms with van der Waals surface area (Å²) in [6.45, 7) is 5.75. The molecule has 118 valence electrons. The Morgan fingerprint density at radius 1 is 1.14 bits per heavy atom. The third kappa shape index (κ3) is 3.15. The lowest BCUT2D eigenvalue weighted by atomic mass is 10.1. The van der Waals surface area contributed by atoms with Gasteiger partial charge in [-0.1, -0.05) is 12.1 Å². The van der Waals surface area contributed by atoms with E-state index in [-0.39, 0.29) is 0 Å². The average molecular weight is 300 g/mol. The molecule has 3 rings (SSSR count). The summed E-state index contributed by atoms with van der Waals surface area (Å²) in [5, 5.41) is 5.89. The molecule has 0 aliphatic carbocycles. The Bertz CT molecular complexity index is 623. The number of pyridine rings is 1. The molecular weight excluding hydrogens is 276 g/mol. The van der Waals surface area contributed by atoms with Crippen LogP contribution in [-0.4, -0.2) is 63.4 Å². The zero-order valence-corrected chi connectivity index (χ0v) is 13.4. The number of fused-ring (bicyclic) bond motifs is 1. The topological polar surface area (TPSA) is 40.6 Å². The highest BCUT2D eigenvalue weighted by Gasteiger charge is 2.17. The summed E-state index contributed by atoms with van der Waals surface area (Å²) in [5.74, 6) is 1.10. The Labute approximate surface area is 131 Å². The maximum atomic E-state index is 5.12. The number of methoxy groups -OCH3 is 1. The van der Waals surface area contributed by atoms with Crippen LogP contribution in [0, 0.1) is 0 Å². The van der Waals surface area contributed by atoms with Crippen LogP contribution < -0.4 is 10.2 Å². The summed E-state index contributed by atoms with van der Waals surface area (Å²) in [4.78, 5) is 9.40. The minimum Gasteiger partial charge on any atom is -0.383 e. The number of hydrogen-bond acceptors (Lipinski definition) is 5. The SMILES string of the molecule is COCCNc1cccc2c(N3CCN(C)CC3)nccc12. The van der Waals surface area contributed by atoms with Gasteiger partial charge in [0.2, 0.25) is 0 Å². The van der Waals surface area contributed by atoms with Gasteiger partial charge in [-0.3, -0.25) is 0 Å². The molecule has 0 bridgehead atoms. The molecule has 1 aromatic heterocycles. The molecule has 1 aromatic carbocycles. The summed E-state index contributed by atoms with van der Waals surface area (Å²) < 4.78 is 5.12. The lowest BCUT2D eigenvalue weighted by Gasteiger charge is -2.33. The molecule has 0 amide bonds. The molecule has 5 heteroatoms. The number of nitrogens with zero attached hydrogens (tertiary/aromatic N) is 3. The van der Waals surface area contributed by atoms with Crippen LogP contribution in [0.25, 0.3) is 10.8 Å². The van der Waals surface area contributed by atoms with Crippen molar-refractivity contribution in [2.24, 2.45) is 0 Å². The van der Waals surface area contributed by atoms with Gasteiger partial charge in [0.15, 0.2) is 0 Å². The monoisotopic (exact) mass is 300 g/mol. The minimum absolute atomic E-state index is 0.701. The summed E-state index contributed by atoms with van der Waals surface area (Å²) >= 11 is 0. The molecule has 1 aliphatic heterocycles. The van der Waals surface area contributed by atoms with E-state index in [0.29, 0.717) is 6.61 Å². The molecule has 22 heavy (non-hydrogen) atoms. The van der Waals surface area contributed by atoms with E-state index in [0.717, 1.165) is 44.2 Å². The predicted molar refractivity (Wildman–Crippen MR) is 91.8 cm³/mol. The van der Waals surface area contributed by atoms with Crippen molar-refractivity contribution in [2.45, 2.75) is 0 Å². The van der Waals surface area contributed by atoms with Gasteiger partial charge in [-0.2, -0.15) is 0 Å². The van der Waals surface area contributed by atoms with Gasteiger partial charge in [-0.15, -0.1) is 0 Å². The van der Waals surface area contributed by atoms with Crippen LogP contribution in [0.3, 0.4) is 0 Å². The summed E-state index contributed by atoms with van der Waals surface area (Å²) in [6.07, 6.45) is 1.91. The van der Waals surface area contributed by atoms with Crippen LogP contribution in [0.5, 0.6) is 0 Å². The normalized spacial score (nSPS) is 16.2. The van der Waals surface area contributed by atoms with E-state index in [2.05, 4.69) is 51.4 Å². The molecule has 1 saturated heterocycles. The lowest BCUT2D eigenvalue weighted by molar-refractivity contribution is 0.211. The van der Waals surface area contributed by atoms with E-state index < -0.39 is 0 Å². The number of hydrogen-bond donors (Lipinski definition) is 1. The number of rotatable bonds is 5. The van der Waals surface area contributed by atoms with Crippen molar-refractivity contribution in [1.82, 2.24) is 9.88 Å². The largest absolute Gasteiger partial charge is 0.383 e. The number of nitrogens with one attached hydrogen (secondary N) is 1. The molecule has 1 aliphatic rings. The summed E-state index contributed by atoms with van der Waals surface area (Å²) in [7, 11) is 3.89. The fraction of sp³-hybridized carbons (Fsp3) is 0.471. The number of anilines is 2. The van der Waals surface area contributed by atoms with Crippen molar-refractivity contribution in [1.29, 1.82) is 0 Å². The summed E-state index contributed by atoms with van der Waals surface area (Å²) in [5.41, 5.74) is 1.15. The molecule has 0 atom stereocenters. The Morgan fingerprint density at radius 3 is 2.73 bits per heavy atom. The minimum atomic E-state index is 0.701. The van der Waals surface area contributed by atoms with Crippen molar-refractivity contribution in [3.63, 3.8) is 0 Å². The van der Waals surface area contributed by atoms with E-state index in [1.165, 1.54) is 10.8 Å². The Morgan fingerprint density at radius 2 is 1.95 bits per heavy atom. The van der Waals surface area contributed by atoms with E-state index in [1.54, 1.807) is 7.11 Å². The second-order valence-corrected chi connectivity index (χ2v) is 5.75. The van der Waals surface area contributed by atoms with Gasteiger partial charge in [0, 0.05) is 62.5 Å². The van der Waals surface area contributed by atoms with Crippen LogP contribution in [0.15, 0.2) is 30.5 Å². The van der Waals surface area contributed by atoms with Crippen LogP contribution in [0.2, 0.25) is 0 Å². The number of benzene rings is 1. The summed E-state index contributed by atoms with van der Waals surface area (Å²) in [6, 6.07) is 8.46. The number of aromatic nitrogens is 1. The zero-order chi connectivity index (χ0) is 15.4. The van der Waals surface area contributed by atoms with Gasteiger partial charge >= 0.3 is 0 Å². The number of likely N-dealkylation sites (N-methyl/N-ethyl adjacent to an activating group) is 1. The third-order valence-corrected chi connectivity index (χ3v) is 4.21.